The third-order valence-corrected chi connectivity index (χ3v) is 3.09. The summed E-state index contributed by atoms with van der Waals surface area (Å²) in [6.07, 6.45) is 1.96. The van der Waals surface area contributed by atoms with E-state index in [-0.39, 0.29) is 0 Å². The summed E-state index contributed by atoms with van der Waals surface area (Å²) in [7, 11) is 0. The van der Waals surface area contributed by atoms with E-state index in [1.807, 2.05) is 0 Å². The number of primary amides is 1. The molecule has 1 aromatic rings. The van der Waals surface area contributed by atoms with Crippen LogP contribution in [0.4, 0.5) is 5.69 Å². The van der Waals surface area contributed by atoms with E-state index < -0.39 is 5.91 Å². The third kappa shape index (κ3) is 3.13. The zero-order chi connectivity index (χ0) is 13.0. The van der Waals surface area contributed by atoms with Crippen molar-refractivity contribution in [2.45, 2.75) is 12.8 Å². The average molecular weight is 250 g/mol. The smallest absolute Gasteiger partial charge is 0.252 e. The second-order valence-corrected chi connectivity index (χ2v) is 4.49. The quantitative estimate of drug-likeness (QED) is 0.785. The Kier molecular flexibility index (Phi) is 4.04. The number of hydrogen-bond donors (Lipinski definition) is 2. The van der Waals surface area contributed by atoms with E-state index in [2.05, 4.69) is 0 Å². The highest BCUT2D eigenvalue weighted by Gasteiger charge is 2.16. The first-order chi connectivity index (χ1) is 8.66. The van der Waals surface area contributed by atoms with Gasteiger partial charge in [-0.05, 0) is 30.9 Å². The summed E-state index contributed by atoms with van der Waals surface area (Å²) in [5.74, 6) is 0.423. The van der Waals surface area contributed by atoms with Crippen LogP contribution in [0.3, 0.4) is 0 Å². The van der Waals surface area contributed by atoms with E-state index in [0.717, 1.165) is 26.1 Å². The van der Waals surface area contributed by atoms with Gasteiger partial charge in [-0.15, -0.1) is 0 Å². The molecule has 0 atom stereocenters. The molecule has 2 rings (SSSR count). The van der Waals surface area contributed by atoms with Crippen molar-refractivity contribution in [3.63, 3.8) is 0 Å². The Balaban J connectivity index is 2.03. The van der Waals surface area contributed by atoms with Crippen molar-refractivity contribution in [1.29, 1.82) is 0 Å². The van der Waals surface area contributed by atoms with E-state index in [1.54, 1.807) is 18.2 Å². The van der Waals surface area contributed by atoms with Crippen LogP contribution in [0.2, 0.25) is 0 Å². The number of hydrogen-bond acceptors (Lipinski definition) is 4. The molecule has 5 heteroatoms. The van der Waals surface area contributed by atoms with Gasteiger partial charge in [0.05, 0.1) is 12.2 Å². The van der Waals surface area contributed by atoms with Gasteiger partial charge in [-0.2, -0.15) is 0 Å². The summed E-state index contributed by atoms with van der Waals surface area (Å²) in [4.78, 5) is 11.3. The Bertz CT molecular complexity index is 428. The maximum Gasteiger partial charge on any atom is 0.252 e. The molecule has 0 aliphatic carbocycles. The van der Waals surface area contributed by atoms with Crippen molar-refractivity contribution in [3.8, 4) is 5.75 Å². The molecule has 4 N–H and O–H groups in total. The summed E-state index contributed by atoms with van der Waals surface area (Å²) in [5, 5.41) is 0. The first-order valence-electron chi connectivity index (χ1n) is 6.06. The fourth-order valence-corrected chi connectivity index (χ4v) is 1.98. The molecular formula is C13H18N2O3. The molecule has 0 aromatic heterocycles. The number of anilines is 1. The monoisotopic (exact) mass is 250 g/mol. The standard InChI is InChI=1S/C13H18N2O3/c14-10-1-2-11(13(15)16)12(7-10)18-8-9-3-5-17-6-4-9/h1-2,7,9H,3-6,8,14H2,(H2,15,16). The van der Waals surface area contributed by atoms with Crippen LogP contribution in [0.5, 0.6) is 5.75 Å². The molecule has 0 unspecified atom stereocenters. The Morgan fingerprint density at radius 2 is 2.11 bits per heavy atom. The Morgan fingerprint density at radius 1 is 1.39 bits per heavy atom. The minimum Gasteiger partial charge on any atom is -0.492 e. The highest BCUT2D eigenvalue weighted by atomic mass is 16.5. The number of carbonyl (C=O) groups is 1. The summed E-state index contributed by atoms with van der Waals surface area (Å²) in [6, 6.07) is 4.87. The largest absolute Gasteiger partial charge is 0.492 e. The van der Waals surface area contributed by atoms with Crippen LogP contribution >= 0.6 is 0 Å². The van der Waals surface area contributed by atoms with Gasteiger partial charge >= 0.3 is 0 Å². The van der Waals surface area contributed by atoms with Gasteiger partial charge in [0, 0.05) is 25.0 Å². The number of amides is 1. The lowest BCUT2D eigenvalue weighted by Crippen LogP contribution is -2.22. The Morgan fingerprint density at radius 3 is 2.78 bits per heavy atom. The predicted molar refractivity (Wildman–Crippen MR) is 68.4 cm³/mol. The van der Waals surface area contributed by atoms with Crippen LogP contribution in [0.15, 0.2) is 18.2 Å². The van der Waals surface area contributed by atoms with E-state index in [9.17, 15) is 4.79 Å². The third-order valence-electron chi connectivity index (χ3n) is 3.09. The van der Waals surface area contributed by atoms with Gasteiger partial charge in [0.1, 0.15) is 5.75 Å². The molecule has 1 amide bonds. The van der Waals surface area contributed by atoms with Crippen molar-refractivity contribution in [1.82, 2.24) is 0 Å². The minimum absolute atomic E-state index is 0.372. The molecule has 0 spiro atoms. The van der Waals surface area contributed by atoms with Crippen molar-refractivity contribution < 1.29 is 14.3 Å². The van der Waals surface area contributed by atoms with E-state index in [0.29, 0.717) is 29.5 Å². The molecule has 5 nitrogen and oxygen atoms in total. The maximum atomic E-state index is 11.3. The SMILES string of the molecule is NC(=O)c1ccc(N)cc1OCC1CCOCC1. The van der Waals surface area contributed by atoms with E-state index >= 15 is 0 Å². The van der Waals surface area contributed by atoms with Crippen molar-refractivity contribution in [3.05, 3.63) is 23.8 Å². The maximum absolute atomic E-state index is 11.3. The van der Waals surface area contributed by atoms with Gasteiger partial charge < -0.3 is 20.9 Å². The zero-order valence-corrected chi connectivity index (χ0v) is 10.2. The van der Waals surface area contributed by atoms with Crippen molar-refractivity contribution in [2.75, 3.05) is 25.6 Å². The fourth-order valence-electron chi connectivity index (χ4n) is 1.98. The van der Waals surface area contributed by atoms with E-state index in [4.69, 9.17) is 20.9 Å². The zero-order valence-electron chi connectivity index (χ0n) is 10.2. The first kappa shape index (κ1) is 12.7. The molecule has 98 valence electrons. The summed E-state index contributed by atoms with van der Waals surface area (Å²) >= 11 is 0. The fraction of sp³-hybridized carbons (Fsp3) is 0.462. The molecule has 18 heavy (non-hydrogen) atoms. The lowest BCUT2D eigenvalue weighted by molar-refractivity contribution is 0.0495. The van der Waals surface area contributed by atoms with Crippen LogP contribution in [0.25, 0.3) is 0 Å². The average Bonchev–Trinajstić information content (AvgIpc) is 2.37. The van der Waals surface area contributed by atoms with Gasteiger partial charge in [-0.3, -0.25) is 4.79 Å². The highest BCUT2D eigenvalue weighted by Crippen LogP contribution is 2.23. The molecule has 1 fully saturated rings. The Labute approximate surface area is 106 Å². The van der Waals surface area contributed by atoms with Crippen LogP contribution in [0, 0.1) is 5.92 Å². The topological polar surface area (TPSA) is 87.6 Å². The van der Waals surface area contributed by atoms with Crippen LogP contribution in [-0.2, 0) is 4.74 Å². The number of nitrogen functional groups attached to an aromatic ring is 1. The molecule has 1 aromatic carbocycles. The number of ether oxygens (including phenoxy) is 2. The van der Waals surface area contributed by atoms with E-state index in [1.165, 1.54) is 0 Å². The second-order valence-electron chi connectivity index (χ2n) is 4.49. The van der Waals surface area contributed by atoms with Gasteiger partial charge in [-0.1, -0.05) is 0 Å². The summed E-state index contributed by atoms with van der Waals surface area (Å²) in [6.45, 7) is 2.11. The molecule has 0 bridgehead atoms. The lowest BCUT2D eigenvalue weighted by atomic mass is 10.0. The van der Waals surface area contributed by atoms with Gasteiger partial charge in [0.2, 0.25) is 0 Å². The van der Waals surface area contributed by atoms with Crippen LogP contribution < -0.4 is 16.2 Å². The summed E-state index contributed by atoms with van der Waals surface area (Å²) in [5.41, 5.74) is 11.9. The van der Waals surface area contributed by atoms with Crippen LogP contribution in [-0.4, -0.2) is 25.7 Å². The molecular weight excluding hydrogens is 232 g/mol. The predicted octanol–water partition coefficient (Wildman–Crippen LogP) is 1.17. The number of nitrogens with two attached hydrogens (primary N) is 2. The van der Waals surface area contributed by atoms with Crippen LogP contribution in [0.1, 0.15) is 23.2 Å². The minimum atomic E-state index is -0.503. The number of benzene rings is 1. The lowest BCUT2D eigenvalue weighted by Gasteiger charge is -2.22. The number of rotatable bonds is 4. The number of carbonyl (C=O) groups excluding carboxylic acids is 1. The Hall–Kier alpha value is -1.75. The normalized spacial score (nSPS) is 16.4. The molecule has 1 aliphatic rings. The van der Waals surface area contributed by atoms with Gasteiger partial charge in [0.25, 0.3) is 5.91 Å². The molecule has 0 radical (unpaired) electrons. The second kappa shape index (κ2) is 5.73. The van der Waals surface area contributed by atoms with Crippen molar-refractivity contribution in [2.24, 2.45) is 11.7 Å². The van der Waals surface area contributed by atoms with Crippen molar-refractivity contribution >= 4 is 11.6 Å². The molecule has 1 aliphatic heterocycles. The molecule has 1 heterocycles. The highest BCUT2D eigenvalue weighted by molar-refractivity contribution is 5.96. The first-order valence-corrected chi connectivity index (χ1v) is 6.06. The van der Waals surface area contributed by atoms with Gasteiger partial charge in [-0.25, -0.2) is 0 Å². The molecule has 1 saturated heterocycles. The molecule has 0 saturated carbocycles. The van der Waals surface area contributed by atoms with Gasteiger partial charge in [0.15, 0.2) is 0 Å². The summed E-state index contributed by atoms with van der Waals surface area (Å²) < 4.78 is 11.0.